The average molecular weight is 431 g/mol. The van der Waals surface area contributed by atoms with Gasteiger partial charge >= 0.3 is 0 Å². The van der Waals surface area contributed by atoms with E-state index in [0.717, 1.165) is 55.5 Å². The van der Waals surface area contributed by atoms with Gasteiger partial charge in [0, 0.05) is 50.5 Å². The molecule has 0 unspecified atom stereocenters. The van der Waals surface area contributed by atoms with Gasteiger partial charge in [-0.05, 0) is 44.4 Å². The lowest BCUT2D eigenvalue weighted by molar-refractivity contribution is 0.198. The molecule has 0 atom stereocenters. The summed E-state index contributed by atoms with van der Waals surface area (Å²) in [6.45, 7) is 8.14. The van der Waals surface area contributed by atoms with Gasteiger partial charge in [0.05, 0.1) is 11.4 Å². The molecule has 2 N–H and O–H groups in total. The maximum absolute atomic E-state index is 4.75. The van der Waals surface area contributed by atoms with Crippen molar-refractivity contribution in [1.29, 1.82) is 0 Å². The minimum absolute atomic E-state index is 0.447. The van der Waals surface area contributed by atoms with Gasteiger partial charge in [0.2, 0.25) is 0 Å². The van der Waals surface area contributed by atoms with E-state index in [1.54, 1.807) is 0 Å². The van der Waals surface area contributed by atoms with Crippen molar-refractivity contribution in [2.45, 2.75) is 45.8 Å². The SMILES string of the molecule is CN=C(NCc1c(C)nn(-c2ccccc2)c1C)NC1CCN(Cc2ccccc2)CC1. The summed E-state index contributed by atoms with van der Waals surface area (Å²) < 4.78 is 2.02. The van der Waals surface area contributed by atoms with Crippen LogP contribution in [-0.4, -0.2) is 46.8 Å². The smallest absolute Gasteiger partial charge is 0.191 e. The Kier molecular flexibility index (Phi) is 7.22. The van der Waals surface area contributed by atoms with E-state index in [9.17, 15) is 0 Å². The molecule has 32 heavy (non-hydrogen) atoms. The van der Waals surface area contributed by atoms with Crippen molar-refractivity contribution in [3.8, 4) is 5.69 Å². The average Bonchev–Trinajstić information content (AvgIpc) is 3.12. The summed E-state index contributed by atoms with van der Waals surface area (Å²) in [5.41, 5.74) is 5.89. The third kappa shape index (κ3) is 5.37. The molecule has 6 nitrogen and oxygen atoms in total. The molecule has 168 valence electrons. The van der Waals surface area contributed by atoms with E-state index in [4.69, 9.17) is 5.10 Å². The van der Waals surface area contributed by atoms with Gasteiger partial charge in [-0.25, -0.2) is 4.68 Å². The van der Waals surface area contributed by atoms with E-state index in [2.05, 4.69) is 76.8 Å². The van der Waals surface area contributed by atoms with Crippen LogP contribution >= 0.6 is 0 Å². The van der Waals surface area contributed by atoms with Crippen LogP contribution in [0.4, 0.5) is 0 Å². The maximum Gasteiger partial charge on any atom is 0.191 e. The van der Waals surface area contributed by atoms with Gasteiger partial charge in [0.15, 0.2) is 5.96 Å². The van der Waals surface area contributed by atoms with Crippen LogP contribution in [0.5, 0.6) is 0 Å². The van der Waals surface area contributed by atoms with Crippen LogP contribution in [0, 0.1) is 13.8 Å². The number of hydrogen-bond acceptors (Lipinski definition) is 3. The van der Waals surface area contributed by atoms with Crippen molar-refractivity contribution < 1.29 is 0 Å². The number of aliphatic imine (C=N–C) groups is 1. The number of aryl methyl sites for hydroxylation is 1. The first-order valence-corrected chi connectivity index (χ1v) is 11.5. The van der Waals surface area contributed by atoms with E-state index >= 15 is 0 Å². The fraction of sp³-hybridized carbons (Fsp3) is 0.385. The maximum atomic E-state index is 4.75. The highest BCUT2D eigenvalue weighted by Gasteiger charge is 2.20. The first-order chi connectivity index (χ1) is 15.6. The number of nitrogens with zero attached hydrogens (tertiary/aromatic N) is 4. The van der Waals surface area contributed by atoms with Crippen molar-refractivity contribution in [2.24, 2.45) is 4.99 Å². The molecule has 4 rings (SSSR count). The highest BCUT2D eigenvalue weighted by Crippen LogP contribution is 2.18. The first kappa shape index (κ1) is 22.1. The molecule has 1 fully saturated rings. The van der Waals surface area contributed by atoms with Gasteiger partial charge < -0.3 is 10.6 Å². The summed E-state index contributed by atoms with van der Waals surface area (Å²) >= 11 is 0. The molecule has 0 spiro atoms. The van der Waals surface area contributed by atoms with Gasteiger partial charge in [-0.1, -0.05) is 48.5 Å². The summed E-state index contributed by atoms with van der Waals surface area (Å²) in [6, 6.07) is 21.5. The molecule has 2 heterocycles. The summed E-state index contributed by atoms with van der Waals surface area (Å²) in [5.74, 6) is 0.859. The highest BCUT2D eigenvalue weighted by molar-refractivity contribution is 5.80. The van der Waals surface area contributed by atoms with Crippen LogP contribution in [0.1, 0.15) is 35.4 Å². The second kappa shape index (κ2) is 10.5. The zero-order chi connectivity index (χ0) is 22.3. The predicted molar refractivity (Wildman–Crippen MR) is 131 cm³/mol. The molecule has 6 heteroatoms. The summed E-state index contributed by atoms with van der Waals surface area (Å²) in [4.78, 5) is 7.00. The molecule has 0 saturated carbocycles. The quantitative estimate of drug-likeness (QED) is 0.461. The number of para-hydroxylation sites is 1. The van der Waals surface area contributed by atoms with E-state index in [1.807, 2.05) is 29.9 Å². The lowest BCUT2D eigenvalue weighted by Crippen LogP contribution is -2.48. The normalized spacial score (nSPS) is 15.7. The Bertz CT molecular complexity index is 1020. The number of rotatable bonds is 6. The number of benzene rings is 2. The minimum Gasteiger partial charge on any atom is -0.354 e. The Morgan fingerprint density at radius 2 is 1.66 bits per heavy atom. The second-order valence-corrected chi connectivity index (χ2v) is 8.50. The summed E-state index contributed by atoms with van der Waals surface area (Å²) in [6.07, 6.45) is 2.25. The third-order valence-corrected chi connectivity index (χ3v) is 6.28. The lowest BCUT2D eigenvalue weighted by Gasteiger charge is -2.33. The highest BCUT2D eigenvalue weighted by atomic mass is 15.3. The molecule has 0 bridgehead atoms. The van der Waals surface area contributed by atoms with Crippen molar-refractivity contribution in [2.75, 3.05) is 20.1 Å². The summed E-state index contributed by atoms with van der Waals surface area (Å²) in [5, 5.41) is 11.9. The molecular formula is C26H34N6. The van der Waals surface area contributed by atoms with Crippen molar-refractivity contribution in [3.05, 3.63) is 83.2 Å². The van der Waals surface area contributed by atoms with Gasteiger partial charge in [-0.2, -0.15) is 5.10 Å². The second-order valence-electron chi connectivity index (χ2n) is 8.50. The Morgan fingerprint density at radius 3 is 2.31 bits per heavy atom. The minimum atomic E-state index is 0.447. The van der Waals surface area contributed by atoms with Crippen molar-refractivity contribution in [3.63, 3.8) is 0 Å². The summed E-state index contributed by atoms with van der Waals surface area (Å²) in [7, 11) is 1.84. The largest absolute Gasteiger partial charge is 0.354 e. The Balaban J connectivity index is 1.29. The Labute approximate surface area is 191 Å². The van der Waals surface area contributed by atoms with Gasteiger partial charge in [-0.15, -0.1) is 0 Å². The van der Waals surface area contributed by atoms with E-state index in [0.29, 0.717) is 12.6 Å². The molecule has 1 aliphatic heterocycles. The number of nitrogens with one attached hydrogen (secondary N) is 2. The first-order valence-electron chi connectivity index (χ1n) is 11.5. The molecule has 1 aromatic heterocycles. The molecule has 0 amide bonds. The molecule has 1 saturated heterocycles. The van der Waals surface area contributed by atoms with Crippen LogP contribution in [-0.2, 0) is 13.1 Å². The molecule has 0 aliphatic carbocycles. The Morgan fingerprint density at radius 1 is 1.00 bits per heavy atom. The van der Waals surface area contributed by atoms with Gasteiger partial charge in [0.1, 0.15) is 0 Å². The topological polar surface area (TPSA) is 57.5 Å². The Hall–Kier alpha value is -3.12. The van der Waals surface area contributed by atoms with E-state index in [-0.39, 0.29) is 0 Å². The fourth-order valence-corrected chi connectivity index (χ4v) is 4.39. The van der Waals surface area contributed by atoms with E-state index in [1.165, 1.54) is 11.1 Å². The van der Waals surface area contributed by atoms with Crippen LogP contribution in [0.25, 0.3) is 5.69 Å². The van der Waals surface area contributed by atoms with E-state index < -0.39 is 0 Å². The fourth-order valence-electron chi connectivity index (χ4n) is 4.39. The van der Waals surface area contributed by atoms with Crippen molar-refractivity contribution >= 4 is 5.96 Å². The van der Waals surface area contributed by atoms with Crippen molar-refractivity contribution in [1.82, 2.24) is 25.3 Å². The monoisotopic (exact) mass is 430 g/mol. The molecule has 0 radical (unpaired) electrons. The van der Waals surface area contributed by atoms with Gasteiger partial charge in [-0.3, -0.25) is 9.89 Å². The van der Waals surface area contributed by atoms with Crippen LogP contribution < -0.4 is 10.6 Å². The molecule has 3 aromatic rings. The standard InChI is InChI=1S/C26H34N6/c1-20-25(21(2)32(30-20)24-12-8-5-9-13-24)18-28-26(27-3)29-23-14-16-31(17-15-23)19-22-10-6-4-7-11-22/h4-13,23H,14-19H2,1-3H3,(H2,27,28,29). The zero-order valence-corrected chi connectivity index (χ0v) is 19.4. The molecular weight excluding hydrogens is 396 g/mol. The number of hydrogen-bond donors (Lipinski definition) is 2. The van der Waals surface area contributed by atoms with Gasteiger partial charge in [0.25, 0.3) is 0 Å². The molecule has 1 aliphatic rings. The zero-order valence-electron chi connectivity index (χ0n) is 19.4. The lowest BCUT2D eigenvalue weighted by atomic mass is 10.0. The van der Waals surface area contributed by atoms with Crippen LogP contribution in [0.3, 0.4) is 0 Å². The number of piperidine rings is 1. The van der Waals surface area contributed by atoms with Crippen LogP contribution in [0.2, 0.25) is 0 Å². The number of likely N-dealkylation sites (tertiary alicyclic amines) is 1. The predicted octanol–water partition coefficient (Wildman–Crippen LogP) is 3.82. The molecule has 2 aromatic carbocycles. The van der Waals surface area contributed by atoms with Crippen LogP contribution in [0.15, 0.2) is 65.7 Å². The number of guanidine groups is 1. The third-order valence-electron chi connectivity index (χ3n) is 6.28. The number of aromatic nitrogens is 2.